The molecule has 1 atom stereocenters. The average molecular weight is 392 g/mol. The quantitative estimate of drug-likeness (QED) is 0.807. The van der Waals surface area contributed by atoms with Crippen LogP contribution in [-0.4, -0.2) is 36.2 Å². The Balaban J connectivity index is 1.81. The number of nitrogens with one attached hydrogen (secondary N) is 1. The van der Waals surface area contributed by atoms with Crippen molar-refractivity contribution in [1.29, 1.82) is 0 Å². The Hall–Kier alpha value is -2.54. The fourth-order valence-corrected chi connectivity index (χ4v) is 3.16. The molecule has 2 aromatic carbocycles. The summed E-state index contributed by atoms with van der Waals surface area (Å²) in [5.41, 5.74) is 0.00754. The summed E-state index contributed by atoms with van der Waals surface area (Å²) in [7, 11) is 0. The number of benzene rings is 2. The maximum Gasteiger partial charge on any atom is 0.416 e. The highest BCUT2D eigenvalue weighted by molar-refractivity contribution is 5.75. The predicted molar refractivity (Wildman–Crippen MR) is 99.8 cm³/mol. The molecule has 150 valence electrons. The monoisotopic (exact) mass is 392 g/mol. The van der Waals surface area contributed by atoms with Gasteiger partial charge < -0.3 is 15.0 Å². The van der Waals surface area contributed by atoms with Crippen LogP contribution in [0.15, 0.2) is 54.6 Å². The molecule has 28 heavy (non-hydrogen) atoms. The van der Waals surface area contributed by atoms with Crippen molar-refractivity contribution in [1.82, 2.24) is 10.2 Å². The minimum absolute atomic E-state index is 0.0169. The van der Waals surface area contributed by atoms with Crippen molar-refractivity contribution in [3.8, 4) is 0 Å². The van der Waals surface area contributed by atoms with Gasteiger partial charge in [-0.2, -0.15) is 13.2 Å². The fourth-order valence-electron chi connectivity index (χ4n) is 3.16. The Kier molecular flexibility index (Phi) is 5.93. The van der Waals surface area contributed by atoms with Crippen LogP contribution in [-0.2, 0) is 10.9 Å². The van der Waals surface area contributed by atoms with Crippen molar-refractivity contribution in [2.75, 3.05) is 13.1 Å². The summed E-state index contributed by atoms with van der Waals surface area (Å²) in [6.07, 6.45) is -5.67. The first-order valence-electron chi connectivity index (χ1n) is 9.17. The van der Waals surface area contributed by atoms with Crippen molar-refractivity contribution in [3.05, 3.63) is 71.3 Å². The molecule has 4 nitrogen and oxygen atoms in total. The van der Waals surface area contributed by atoms with Gasteiger partial charge in [-0.3, -0.25) is 0 Å². The van der Waals surface area contributed by atoms with Crippen molar-refractivity contribution >= 4 is 6.03 Å². The number of amides is 2. The molecule has 2 amide bonds. The molecule has 0 radical (unpaired) electrons. The minimum Gasteiger partial charge on any atom is -0.362 e. The van der Waals surface area contributed by atoms with Gasteiger partial charge in [0.25, 0.3) is 0 Å². The number of carbonyl (C=O) groups is 1. The Labute approximate surface area is 162 Å². The summed E-state index contributed by atoms with van der Waals surface area (Å²) in [4.78, 5) is 13.6. The SMILES string of the molecule is CC(C)NC(=O)N1CC(OC(c2ccccc2)c2ccccc2C(F)(F)F)C1. The van der Waals surface area contributed by atoms with Crippen LogP contribution in [0.2, 0.25) is 0 Å². The lowest BCUT2D eigenvalue weighted by atomic mass is 9.95. The van der Waals surface area contributed by atoms with Crippen LogP contribution in [0.5, 0.6) is 0 Å². The van der Waals surface area contributed by atoms with Crippen molar-refractivity contribution in [3.63, 3.8) is 0 Å². The zero-order valence-electron chi connectivity index (χ0n) is 15.7. The third-order valence-corrected chi connectivity index (χ3v) is 4.53. The summed E-state index contributed by atoms with van der Waals surface area (Å²) in [5.74, 6) is 0. The second-order valence-electron chi connectivity index (χ2n) is 7.14. The van der Waals surface area contributed by atoms with Gasteiger partial charge in [-0.25, -0.2) is 4.79 Å². The number of alkyl halides is 3. The van der Waals surface area contributed by atoms with Gasteiger partial charge >= 0.3 is 12.2 Å². The van der Waals surface area contributed by atoms with E-state index in [9.17, 15) is 18.0 Å². The molecule has 1 aliphatic heterocycles. The first-order valence-corrected chi connectivity index (χ1v) is 9.17. The van der Waals surface area contributed by atoms with Crippen molar-refractivity contribution in [2.45, 2.75) is 38.3 Å². The molecule has 0 aliphatic carbocycles. The molecule has 3 rings (SSSR count). The van der Waals surface area contributed by atoms with Crippen LogP contribution < -0.4 is 5.32 Å². The number of halogens is 3. The minimum atomic E-state index is -4.48. The first-order chi connectivity index (χ1) is 13.3. The Morgan fingerprint density at radius 3 is 2.29 bits per heavy atom. The second kappa shape index (κ2) is 8.22. The zero-order chi connectivity index (χ0) is 20.3. The zero-order valence-corrected chi connectivity index (χ0v) is 15.7. The molecule has 1 N–H and O–H groups in total. The number of hydrogen-bond acceptors (Lipinski definition) is 2. The fraction of sp³-hybridized carbons (Fsp3) is 0.381. The second-order valence-corrected chi connectivity index (χ2v) is 7.14. The number of likely N-dealkylation sites (tertiary alicyclic amines) is 1. The molecule has 1 unspecified atom stereocenters. The van der Waals surface area contributed by atoms with E-state index in [1.807, 2.05) is 13.8 Å². The third-order valence-electron chi connectivity index (χ3n) is 4.53. The molecule has 2 aromatic rings. The largest absolute Gasteiger partial charge is 0.416 e. The highest BCUT2D eigenvalue weighted by Crippen LogP contribution is 2.39. The summed E-state index contributed by atoms with van der Waals surface area (Å²) in [6, 6.07) is 14.1. The van der Waals surface area contributed by atoms with Gasteiger partial charge in [0.1, 0.15) is 6.10 Å². The van der Waals surface area contributed by atoms with Gasteiger partial charge in [-0.05, 0) is 31.0 Å². The van der Waals surface area contributed by atoms with Crippen LogP contribution in [0.4, 0.5) is 18.0 Å². The molecule has 7 heteroatoms. The molecule has 0 bridgehead atoms. The lowest BCUT2D eigenvalue weighted by molar-refractivity contribution is -0.140. The molecule has 0 saturated carbocycles. The Morgan fingerprint density at radius 1 is 1.07 bits per heavy atom. The van der Waals surface area contributed by atoms with E-state index in [1.165, 1.54) is 12.1 Å². The lowest BCUT2D eigenvalue weighted by Gasteiger charge is -2.41. The molecule has 1 saturated heterocycles. The van der Waals surface area contributed by atoms with Crippen molar-refractivity contribution < 1.29 is 22.7 Å². The summed E-state index contributed by atoms with van der Waals surface area (Å²) in [5, 5.41) is 2.79. The van der Waals surface area contributed by atoms with Crippen LogP contribution >= 0.6 is 0 Å². The van der Waals surface area contributed by atoms with Gasteiger partial charge in [0.05, 0.1) is 24.8 Å². The van der Waals surface area contributed by atoms with Gasteiger partial charge in [-0.1, -0.05) is 48.5 Å². The summed E-state index contributed by atoms with van der Waals surface area (Å²) >= 11 is 0. The lowest BCUT2D eigenvalue weighted by Crippen LogP contribution is -2.58. The Morgan fingerprint density at radius 2 is 1.68 bits per heavy atom. The summed E-state index contributed by atoms with van der Waals surface area (Å²) < 4.78 is 46.6. The van der Waals surface area contributed by atoms with Gasteiger partial charge in [0.15, 0.2) is 0 Å². The summed E-state index contributed by atoms with van der Waals surface area (Å²) in [6.45, 7) is 4.42. The van der Waals surface area contributed by atoms with E-state index >= 15 is 0 Å². The molecule has 0 aromatic heterocycles. The van der Waals surface area contributed by atoms with Gasteiger partial charge in [-0.15, -0.1) is 0 Å². The van der Waals surface area contributed by atoms with Gasteiger partial charge in [0, 0.05) is 6.04 Å². The molecule has 0 spiro atoms. The maximum atomic E-state index is 13.5. The number of hydrogen-bond donors (Lipinski definition) is 1. The number of rotatable bonds is 5. The van der Waals surface area contributed by atoms with Crippen molar-refractivity contribution in [2.24, 2.45) is 0 Å². The highest BCUT2D eigenvalue weighted by atomic mass is 19.4. The molecular formula is C21H23F3N2O2. The highest BCUT2D eigenvalue weighted by Gasteiger charge is 2.38. The number of nitrogens with zero attached hydrogens (tertiary/aromatic N) is 1. The Bertz CT molecular complexity index is 803. The van der Waals surface area contributed by atoms with E-state index in [0.717, 1.165) is 6.07 Å². The van der Waals surface area contributed by atoms with Crippen LogP contribution in [0.1, 0.15) is 36.6 Å². The number of ether oxygens (including phenoxy) is 1. The predicted octanol–water partition coefficient (Wildman–Crippen LogP) is 4.61. The maximum absolute atomic E-state index is 13.5. The molecule has 1 heterocycles. The van der Waals surface area contributed by atoms with E-state index in [-0.39, 0.29) is 23.7 Å². The average Bonchev–Trinajstić information content (AvgIpc) is 2.60. The third kappa shape index (κ3) is 4.65. The van der Waals surface area contributed by atoms with E-state index in [2.05, 4.69) is 5.32 Å². The van der Waals surface area contributed by atoms with Crippen LogP contribution in [0, 0.1) is 0 Å². The molecule has 1 fully saturated rings. The van der Waals surface area contributed by atoms with Gasteiger partial charge in [0.2, 0.25) is 0 Å². The van der Waals surface area contributed by atoms with E-state index in [1.54, 1.807) is 41.3 Å². The van der Waals surface area contributed by atoms with Crippen LogP contribution in [0.3, 0.4) is 0 Å². The topological polar surface area (TPSA) is 41.6 Å². The van der Waals surface area contributed by atoms with E-state index in [0.29, 0.717) is 18.7 Å². The standard InChI is InChI=1S/C21H23F3N2O2/c1-14(2)25-20(27)26-12-16(13-26)28-19(15-8-4-3-5-9-15)17-10-6-7-11-18(17)21(22,23)24/h3-11,14,16,19H,12-13H2,1-2H3,(H,25,27). The smallest absolute Gasteiger partial charge is 0.362 e. The normalized spacial score (nSPS) is 16.0. The first kappa shape index (κ1) is 20.2. The molecular weight excluding hydrogens is 369 g/mol. The van der Waals surface area contributed by atoms with E-state index < -0.39 is 17.8 Å². The number of carbonyl (C=O) groups excluding carboxylic acids is 1. The molecule has 1 aliphatic rings. The van der Waals surface area contributed by atoms with E-state index in [4.69, 9.17) is 4.74 Å². The van der Waals surface area contributed by atoms with Crippen LogP contribution in [0.25, 0.3) is 0 Å². The number of urea groups is 1.